The number of carbonyl (C=O) groups excluding carboxylic acids is 2. The molecule has 1 saturated heterocycles. The summed E-state index contributed by atoms with van der Waals surface area (Å²) in [5.41, 5.74) is 2.36. The van der Waals surface area contributed by atoms with Gasteiger partial charge < -0.3 is 15.0 Å². The van der Waals surface area contributed by atoms with Gasteiger partial charge in [-0.15, -0.1) is 0 Å². The number of amides is 2. The zero-order valence-electron chi connectivity index (χ0n) is 19.9. The van der Waals surface area contributed by atoms with Crippen molar-refractivity contribution in [3.05, 3.63) is 65.2 Å². The molecule has 2 aliphatic rings. The largest absolute Gasteiger partial charge is 0.497 e. The van der Waals surface area contributed by atoms with E-state index in [1.165, 1.54) is 19.3 Å². The van der Waals surface area contributed by atoms with E-state index in [-0.39, 0.29) is 11.8 Å². The van der Waals surface area contributed by atoms with Crippen molar-refractivity contribution in [1.29, 1.82) is 0 Å². The highest BCUT2D eigenvalue weighted by Crippen LogP contribution is 2.35. The Labute approximate surface area is 196 Å². The molecule has 2 aromatic carbocycles. The monoisotopic (exact) mass is 449 g/mol. The van der Waals surface area contributed by atoms with E-state index < -0.39 is 6.04 Å². The topological polar surface area (TPSA) is 61.9 Å². The zero-order valence-corrected chi connectivity index (χ0v) is 19.9. The van der Waals surface area contributed by atoms with Crippen molar-refractivity contribution in [3.8, 4) is 5.75 Å². The molecule has 0 aliphatic carbocycles. The van der Waals surface area contributed by atoms with Crippen LogP contribution in [0.1, 0.15) is 67.1 Å². The molecule has 1 N–H and O–H groups in total. The van der Waals surface area contributed by atoms with Gasteiger partial charge in [-0.25, -0.2) is 0 Å². The second-order valence-electron chi connectivity index (χ2n) is 9.28. The maximum atomic E-state index is 13.3. The van der Waals surface area contributed by atoms with Gasteiger partial charge in [0.25, 0.3) is 5.91 Å². The molecular formula is C27H35N3O3. The molecule has 0 spiro atoms. The third kappa shape index (κ3) is 5.06. The number of fused-ring (bicyclic) bond motifs is 1. The van der Waals surface area contributed by atoms with Gasteiger partial charge in [-0.3, -0.25) is 14.5 Å². The van der Waals surface area contributed by atoms with Crippen LogP contribution >= 0.6 is 0 Å². The fourth-order valence-corrected chi connectivity index (χ4v) is 5.23. The quantitative estimate of drug-likeness (QED) is 0.615. The minimum absolute atomic E-state index is 0.0995. The van der Waals surface area contributed by atoms with Gasteiger partial charge in [-0.1, -0.05) is 36.8 Å². The second kappa shape index (κ2) is 10.4. The Bertz CT molecular complexity index is 965. The van der Waals surface area contributed by atoms with Crippen LogP contribution in [0.25, 0.3) is 0 Å². The average Bonchev–Trinajstić information content (AvgIpc) is 3.10. The second-order valence-corrected chi connectivity index (χ2v) is 9.28. The van der Waals surface area contributed by atoms with E-state index in [2.05, 4.69) is 24.1 Å². The summed E-state index contributed by atoms with van der Waals surface area (Å²) in [6.07, 6.45) is 4.70. The highest BCUT2D eigenvalue weighted by Gasteiger charge is 2.40. The van der Waals surface area contributed by atoms with E-state index in [0.29, 0.717) is 30.7 Å². The maximum absolute atomic E-state index is 13.3. The van der Waals surface area contributed by atoms with E-state index in [4.69, 9.17) is 4.74 Å². The number of hydrogen-bond donors (Lipinski definition) is 1. The molecule has 3 atom stereocenters. The van der Waals surface area contributed by atoms with Crippen LogP contribution in [0.2, 0.25) is 0 Å². The first-order chi connectivity index (χ1) is 16.0. The Morgan fingerprint density at radius 2 is 1.76 bits per heavy atom. The molecule has 0 unspecified atom stereocenters. The Balaban J connectivity index is 1.42. The van der Waals surface area contributed by atoms with Crippen molar-refractivity contribution in [2.45, 2.75) is 64.2 Å². The Hall–Kier alpha value is -2.86. The maximum Gasteiger partial charge on any atom is 0.255 e. The number of nitrogens with one attached hydrogen (secondary N) is 1. The van der Waals surface area contributed by atoms with Gasteiger partial charge >= 0.3 is 0 Å². The number of ether oxygens (including phenoxy) is 1. The van der Waals surface area contributed by atoms with E-state index in [1.54, 1.807) is 12.0 Å². The van der Waals surface area contributed by atoms with Crippen LogP contribution in [0, 0.1) is 0 Å². The molecule has 176 valence electrons. The summed E-state index contributed by atoms with van der Waals surface area (Å²) >= 11 is 0. The number of piperidine rings is 1. The molecule has 0 bridgehead atoms. The fourth-order valence-electron chi connectivity index (χ4n) is 5.23. The standard InChI is InChI=1S/C27H35N3O3/c1-19-8-6-9-20(2)29(19)17-7-16-28-26(31)25-23-10-4-5-11-24(23)27(32)30(25)18-21-12-14-22(33-3)15-13-21/h4-5,10-15,19-20,25H,6-9,16-18H2,1-3H3,(H,28,31)/t19-,20-,25+/m0/s1. The summed E-state index contributed by atoms with van der Waals surface area (Å²) in [4.78, 5) is 30.7. The summed E-state index contributed by atoms with van der Waals surface area (Å²) in [5, 5.41) is 3.11. The summed E-state index contributed by atoms with van der Waals surface area (Å²) in [6.45, 7) is 6.56. The minimum Gasteiger partial charge on any atom is -0.497 e. The van der Waals surface area contributed by atoms with Crippen LogP contribution in [0.15, 0.2) is 48.5 Å². The molecule has 0 saturated carbocycles. The van der Waals surface area contributed by atoms with Gasteiger partial charge in [0.1, 0.15) is 11.8 Å². The first-order valence-electron chi connectivity index (χ1n) is 12.1. The lowest BCUT2D eigenvalue weighted by atomic mass is 9.97. The van der Waals surface area contributed by atoms with Crippen molar-refractivity contribution < 1.29 is 14.3 Å². The van der Waals surface area contributed by atoms with Crippen molar-refractivity contribution in [2.75, 3.05) is 20.2 Å². The zero-order chi connectivity index (χ0) is 23.4. The highest BCUT2D eigenvalue weighted by atomic mass is 16.5. The fraction of sp³-hybridized carbons (Fsp3) is 0.481. The number of hydrogen-bond acceptors (Lipinski definition) is 4. The molecule has 2 heterocycles. The molecular weight excluding hydrogens is 414 g/mol. The Morgan fingerprint density at radius 3 is 2.45 bits per heavy atom. The van der Waals surface area contributed by atoms with E-state index in [1.807, 2.05) is 48.5 Å². The molecule has 4 rings (SSSR count). The first-order valence-corrected chi connectivity index (χ1v) is 12.1. The van der Waals surface area contributed by atoms with Gasteiger partial charge in [-0.05, 0) is 62.4 Å². The Kier molecular flexibility index (Phi) is 7.33. The van der Waals surface area contributed by atoms with Crippen molar-refractivity contribution in [2.24, 2.45) is 0 Å². The van der Waals surface area contributed by atoms with Crippen LogP contribution in [-0.4, -0.2) is 53.9 Å². The lowest BCUT2D eigenvalue weighted by Gasteiger charge is -2.39. The lowest BCUT2D eigenvalue weighted by Crippen LogP contribution is -2.45. The normalized spacial score (nSPS) is 22.8. The molecule has 2 aliphatic heterocycles. The van der Waals surface area contributed by atoms with Gasteiger partial charge in [0.2, 0.25) is 5.91 Å². The predicted octanol–water partition coefficient (Wildman–Crippen LogP) is 4.16. The summed E-state index contributed by atoms with van der Waals surface area (Å²) in [6, 6.07) is 15.7. The first kappa shape index (κ1) is 23.3. The van der Waals surface area contributed by atoms with E-state index in [0.717, 1.165) is 29.8 Å². The van der Waals surface area contributed by atoms with Crippen LogP contribution in [-0.2, 0) is 11.3 Å². The van der Waals surface area contributed by atoms with E-state index >= 15 is 0 Å². The summed E-state index contributed by atoms with van der Waals surface area (Å²) < 4.78 is 5.23. The van der Waals surface area contributed by atoms with Crippen LogP contribution in [0.3, 0.4) is 0 Å². The van der Waals surface area contributed by atoms with Crippen LogP contribution in [0.4, 0.5) is 0 Å². The highest BCUT2D eigenvalue weighted by molar-refractivity contribution is 6.04. The summed E-state index contributed by atoms with van der Waals surface area (Å²) in [5.74, 6) is 0.556. The third-order valence-electron chi connectivity index (χ3n) is 7.09. The van der Waals surface area contributed by atoms with Gasteiger partial charge in [0, 0.05) is 37.3 Å². The molecule has 6 heteroatoms. The van der Waals surface area contributed by atoms with Gasteiger partial charge in [0.15, 0.2) is 0 Å². The number of nitrogens with zero attached hydrogens (tertiary/aromatic N) is 2. The number of methoxy groups -OCH3 is 1. The summed E-state index contributed by atoms with van der Waals surface area (Å²) in [7, 11) is 1.63. The molecule has 2 amide bonds. The van der Waals surface area contributed by atoms with Gasteiger partial charge in [0.05, 0.1) is 7.11 Å². The number of benzene rings is 2. The average molecular weight is 450 g/mol. The van der Waals surface area contributed by atoms with E-state index in [9.17, 15) is 9.59 Å². The molecule has 2 aromatic rings. The molecule has 0 aromatic heterocycles. The Morgan fingerprint density at radius 1 is 1.06 bits per heavy atom. The molecule has 6 nitrogen and oxygen atoms in total. The molecule has 33 heavy (non-hydrogen) atoms. The van der Waals surface area contributed by atoms with Crippen LogP contribution < -0.4 is 10.1 Å². The molecule has 1 fully saturated rings. The predicted molar refractivity (Wildman–Crippen MR) is 129 cm³/mol. The minimum atomic E-state index is -0.608. The van der Waals surface area contributed by atoms with Gasteiger partial charge in [-0.2, -0.15) is 0 Å². The van der Waals surface area contributed by atoms with Crippen molar-refractivity contribution in [1.82, 2.24) is 15.1 Å². The number of rotatable bonds is 8. The number of carbonyl (C=O) groups is 2. The van der Waals surface area contributed by atoms with Crippen molar-refractivity contribution >= 4 is 11.8 Å². The number of likely N-dealkylation sites (tertiary alicyclic amines) is 1. The SMILES string of the molecule is COc1ccc(CN2C(=O)c3ccccc3[C@@H]2C(=O)NCCCN2[C@@H](C)CCC[C@@H]2C)cc1. The lowest BCUT2D eigenvalue weighted by molar-refractivity contribution is -0.125. The third-order valence-corrected chi connectivity index (χ3v) is 7.09. The smallest absolute Gasteiger partial charge is 0.255 e. The van der Waals surface area contributed by atoms with Crippen molar-refractivity contribution in [3.63, 3.8) is 0 Å². The van der Waals surface area contributed by atoms with Crippen LogP contribution in [0.5, 0.6) is 5.75 Å². The molecule has 0 radical (unpaired) electrons.